The van der Waals surface area contributed by atoms with E-state index in [1.165, 1.54) is 12.8 Å². The van der Waals surface area contributed by atoms with Crippen molar-refractivity contribution in [3.63, 3.8) is 0 Å². The van der Waals surface area contributed by atoms with Crippen LogP contribution in [0.2, 0.25) is 0 Å². The molecular weight excluding hydrogens is 220 g/mol. The summed E-state index contributed by atoms with van der Waals surface area (Å²) in [6, 6.07) is 0.486. The van der Waals surface area contributed by atoms with Crippen LogP contribution in [-0.4, -0.2) is 36.0 Å². The van der Waals surface area contributed by atoms with Gasteiger partial charge in [-0.25, -0.2) is 0 Å². The van der Waals surface area contributed by atoms with E-state index < -0.39 is 0 Å². The zero-order valence-corrected chi connectivity index (χ0v) is 11.0. The topological polar surface area (TPSA) is 41.1 Å². The Labute approximate surface area is 102 Å². The molecule has 1 aliphatic heterocycles. The lowest BCUT2D eigenvalue weighted by atomic mass is 9.92. The molecule has 4 heteroatoms. The van der Waals surface area contributed by atoms with Crippen molar-refractivity contribution in [2.75, 3.05) is 19.3 Å². The second-order valence-corrected chi connectivity index (χ2v) is 6.46. The maximum Gasteiger partial charge on any atom is 0.223 e. The highest BCUT2D eigenvalue weighted by atomic mass is 32.2. The number of thioether (sulfide) groups is 1. The summed E-state index contributed by atoms with van der Waals surface area (Å²) in [7, 11) is 0. The summed E-state index contributed by atoms with van der Waals surface area (Å²) in [5, 5.41) is 6.52. The van der Waals surface area contributed by atoms with Gasteiger partial charge in [-0.05, 0) is 45.4 Å². The summed E-state index contributed by atoms with van der Waals surface area (Å²) in [5.41, 5.74) is 0. The molecule has 0 aromatic carbocycles. The van der Waals surface area contributed by atoms with Gasteiger partial charge in [-0.3, -0.25) is 4.79 Å². The number of piperidine rings is 1. The van der Waals surface area contributed by atoms with Crippen LogP contribution in [0.15, 0.2) is 0 Å². The zero-order valence-electron chi connectivity index (χ0n) is 10.2. The maximum absolute atomic E-state index is 12.0. The third-order valence-electron chi connectivity index (χ3n) is 3.82. The van der Waals surface area contributed by atoms with Gasteiger partial charge in [0.1, 0.15) is 0 Å². The normalized spacial score (nSPS) is 32.1. The molecule has 2 atom stereocenters. The molecule has 0 bridgehead atoms. The van der Waals surface area contributed by atoms with E-state index >= 15 is 0 Å². The van der Waals surface area contributed by atoms with Crippen LogP contribution in [0.1, 0.15) is 32.6 Å². The number of nitrogens with one attached hydrogen (secondary N) is 2. The van der Waals surface area contributed by atoms with Crippen LogP contribution in [0.4, 0.5) is 0 Å². The zero-order chi connectivity index (χ0) is 11.6. The van der Waals surface area contributed by atoms with Crippen molar-refractivity contribution in [2.45, 2.75) is 43.4 Å². The lowest BCUT2D eigenvalue weighted by Crippen LogP contribution is -2.44. The molecule has 2 fully saturated rings. The Balaban J connectivity index is 1.75. The van der Waals surface area contributed by atoms with Crippen molar-refractivity contribution in [3.8, 4) is 0 Å². The van der Waals surface area contributed by atoms with Crippen LogP contribution in [0, 0.1) is 5.92 Å². The van der Waals surface area contributed by atoms with Gasteiger partial charge in [0, 0.05) is 23.3 Å². The summed E-state index contributed by atoms with van der Waals surface area (Å²) >= 11 is 1.90. The second kappa shape index (κ2) is 4.96. The molecule has 0 radical (unpaired) electrons. The molecule has 2 rings (SSSR count). The fourth-order valence-corrected chi connectivity index (χ4v) is 3.08. The lowest BCUT2D eigenvalue weighted by Gasteiger charge is -2.27. The highest BCUT2D eigenvalue weighted by molar-refractivity contribution is 8.00. The summed E-state index contributed by atoms with van der Waals surface area (Å²) in [6.07, 6.45) is 6.64. The number of hydrogen-bond acceptors (Lipinski definition) is 3. The Morgan fingerprint density at radius 2 is 2.31 bits per heavy atom. The molecular formula is C12H22N2OS. The molecule has 1 saturated carbocycles. The van der Waals surface area contributed by atoms with Crippen molar-refractivity contribution in [2.24, 2.45) is 5.92 Å². The second-order valence-electron chi connectivity index (χ2n) is 5.18. The number of amides is 1. The van der Waals surface area contributed by atoms with Gasteiger partial charge in [0.15, 0.2) is 0 Å². The monoisotopic (exact) mass is 242 g/mol. The average Bonchev–Trinajstić information content (AvgIpc) is 3.07. The Morgan fingerprint density at radius 3 is 2.88 bits per heavy atom. The van der Waals surface area contributed by atoms with Gasteiger partial charge in [0.05, 0.1) is 0 Å². The molecule has 1 saturated heterocycles. The minimum atomic E-state index is 0.230. The summed E-state index contributed by atoms with van der Waals surface area (Å²) in [6.45, 7) is 4.00. The first-order valence-corrected chi connectivity index (χ1v) is 7.44. The van der Waals surface area contributed by atoms with Crippen LogP contribution in [0.3, 0.4) is 0 Å². The van der Waals surface area contributed by atoms with Crippen LogP contribution in [0.5, 0.6) is 0 Å². The first kappa shape index (κ1) is 12.2. The number of carbonyl (C=O) groups excluding carboxylic acids is 1. The number of hydrogen-bond donors (Lipinski definition) is 2. The third kappa shape index (κ3) is 2.92. The Bertz CT molecular complexity index is 266. The van der Waals surface area contributed by atoms with E-state index in [-0.39, 0.29) is 11.8 Å². The molecule has 1 amide bonds. The predicted molar refractivity (Wildman–Crippen MR) is 68.7 cm³/mol. The van der Waals surface area contributed by atoms with Gasteiger partial charge in [-0.1, -0.05) is 0 Å². The largest absolute Gasteiger partial charge is 0.354 e. The summed E-state index contributed by atoms with van der Waals surface area (Å²) in [5.74, 6) is 0.502. The Morgan fingerprint density at radius 1 is 1.56 bits per heavy atom. The fraction of sp³-hybridized carbons (Fsp3) is 0.917. The minimum Gasteiger partial charge on any atom is -0.354 e. The molecule has 92 valence electrons. The molecule has 2 unspecified atom stereocenters. The van der Waals surface area contributed by atoms with Crippen molar-refractivity contribution in [3.05, 3.63) is 0 Å². The van der Waals surface area contributed by atoms with Gasteiger partial charge in [0.2, 0.25) is 5.91 Å². The fourth-order valence-electron chi connectivity index (χ4n) is 2.36. The molecule has 0 aromatic heterocycles. The van der Waals surface area contributed by atoms with E-state index in [0.29, 0.717) is 10.8 Å². The standard InChI is InChI=1S/C12H22N2OS/c1-9-7-10(3-6-13-9)11(15)14-8-12(16-2)4-5-12/h9-10,13H,3-8H2,1-2H3,(H,14,15). The van der Waals surface area contributed by atoms with E-state index in [0.717, 1.165) is 25.9 Å². The number of carbonyl (C=O) groups is 1. The highest BCUT2D eigenvalue weighted by Crippen LogP contribution is 2.46. The van der Waals surface area contributed by atoms with E-state index in [2.05, 4.69) is 23.8 Å². The first-order valence-electron chi connectivity index (χ1n) is 6.21. The van der Waals surface area contributed by atoms with E-state index in [1.54, 1.807) is 0 Å². The molecule has 2 N–H and O–H groups in total. The molecule has 1 aliphatic carbocycles. The highest BCUT2D eigenvalue weighted by Gasteiger charge is 2.42. The molecule has 2 aliphatic rings. The maximum atomic E-state index is 12.0. The van der Waals surface area contributed by atoms with Crippen LogP contribution in [-0.2, 0) is 4.79 Å². The van der Waals surface area contributed by atoms with Gasteiger partial charge < -0.3 is 10.6 Å². The van der Waals surface area contributed by atoms with Gasteiger partial charge in [-0.2, -0.15) is 11.8 Å². The molecule has 3 nitrogen and oxygen atoms in total. The first-order chi connectivity index (χ1) is 7.65. The third-order valence-corrected chi connectivity index (χ3v) is 5.24. The smallest absolute Gasteiger partial charge is 0.223 e. The summed E-state index contributed by atoms with van der Waals surface area (Å²) < 4.78 is 0.383. The van der Waals surface area contributed by atoms with Crippen molar-refractivity contribution >= 4 is 17.7 Å². The van der Waals surface area contributed by atoms with Crippen LogP contribution in [0.25, 0.3) is 0 Å². The van der Waals surface area contributed by atoms with Crippen molar-refractivity contribution in [1.82, 2.24) is 10.6 Å². The number of rotatable bonds is 4. The SMILES string of the molecule is CSC1(CNC(=O)C2CCNC(C)C2)CC1. The van der Waals surface area contributed by atoms with Gasteiger partial charge >= 0.3 is 0 Å². The van der Waals surface area contributed by atoms with Crippen LogP contribution < -0.4 is 10.6 Å². The minimum absolute atomic E-state index is 0.230. The summed E-state index contributed by atoms with van der Waals surface area (Å²) in [4.78, 5) is 12.0. The van der Waals surface area contributed by atoms with Crippen LogP contribution >= 0.6 is 11.8 Å². The predicted octanol–water partition coefficient (Wildman–Crippen LogP) is 1.39. The lowest BCUT2D eigenvalue weighted by molar-refractivity contribution is -0.126. The molecule has 16 heavy (non-hydrogen) atoms. The quantitative estimate of drug-likeness (QED) is 0.783. The molecule has 0 spiro atoms. The van der Waals surface area contributed by atoms with E-state index in [9.17, 15) is 4.79 Å². The average molecular weight is 242 g/mol. The van der Waals surface area contributed by atoms with E-state index in [4.69, 9.17) is 0 Å². The Kier molecular flexibility index (Phi) is 3.80. The molecule has 0 aromatic rings. The van der Waals surface area contributed by atoms with Gasteiger partial charge in [0.25, 0.3) is 0 Å². The molecule has 1 heterocycles. The van der Waals surface area contributed by atoms with Crippen molar-refractivity contribution in [1.29, 1.82) is 0 Å². The van der Waals surface area contributed by atoms with Crippen molar-refractivity contribution < 1.29 is 4.79 Å². The van der Waals surface area contributed by atoms with Gasteiger partial charge in [-0.15, -0.1) is 0 Å². The van der Waals surface area contributed by atoms with E-state index in [1.807, 2.05) is 11.8 Å². The Hall–Kier alpha value is -0.220.